The molecule has 0 aliphatic carbocycles. The van der Waals surface area contributed by atoms with Gasteiger partial charge in [-0.1, -0.05) is 24.8 Å². The molecule has 1 saturated heterocycles. The van der Waals surface area contributed by atoms with Crippen LogP contribution in [0.4, 0.5) is 0 Å². The topological polar surface area (TPSA) is 74.8 Å². The number of thioether (sulfide) groups is 1. The van der Waals surface area contributed by atoms with Gasteiger partial charge in [0.1, 0.15) is 5.52 Å². The first-order valence-electron chi connectivity index (χ1n) is 9.65. The minimum Gasteiger partial charge on any atom is -0.338 e. The van der Waals surface area contributed by atoms with E-state index in [1.807, 2.05) is 4.90 Å². The first-order chi connectivity index (χ1) is 13.1. The molecule has 0 saturated carbocycles. The van der Waals surface area contributed by atoms with Crippen molar-refractivity contribution < 1.29 is 4.79 Å². The van der Waals surface area contributed by atoms with E-state index in [9.17, 15) is 4.79 Å². The second kappa shape index (κ2) is 7.46. The molecule has 1 fully saturated rings. The SMILES string of the molecule is CCc1ccc2[nH]c3nc(SCC(=O)N4[C@@H](C)CCC[C@@H]4C)nnc3c2c1. The molecule has 1 aliphatic heterocycles. The summed E-state index contributed by atoms with van der Waals surface area (Å²) in [7, 11) is 0. The zero-order chi connectivity index (χ0) is 19.0. The highest BCUT2D eigenvalue weighted by molar-refractivity contribution is 7.99. The van der Waals surface area contributed by atoms with E-state index in [0.29, 0.717) is 23.0 Å². The van der Waals surface area contributed by atoms with Gasteiger partial charge in [0.05, 0.1) is 5.75 Å². The summed E-state index contributed by atoms with van der Waals surface area (Å²) in [5.41, 5.74) is 3.79. The summed E-state index contributed by atoms with van der Waals surface area (Å²) in [6, 6.07) is 6.93. The molecule has 142 valence electrons. The van der Waals surface area contributed by atoms with Gasteiger partial charge in [-0.3, -0.25) is 4.79 Å². The van der Waals surface area contributed by atoms with E-state index < -0.39 is 0 Å². The highest BCUT2D eigenvalue weighted by atomic mass is 32.2. The lowest BCUT2D eigenvalue weighted by Crippen LogP contribution is -2.48. The van der Waals surface area contributed by atoms with Gasteiger partial charge in [-0.15, -0.1) is 10.2 Å². The summed E-state index contributed by atoms with van der Waals surface area (Å²) >= 11 is 1.36. The van der Waals surface area contributed by atoms with Crippen molar-refractivity contribution in [3.05, 3.63) is 23.8 Å². The summed E-state index contributed by atoms with van der Waals surface area (Å²) in [4.78, 5) is 22.6. The fourth-order valence-corrected chi connectivity index (χ4v) is 4.65. The number of carbonyl (C=O) groups is 1. The Balaban J connectivity index is 1.52. The van der Waals surface area contributed by atoms with Crippen LogP contribution in [0, 0.1) is 0 Å². The fraction of sp³-hybridized carbons (Fsp3) is 0.500. The minimum absolute atomic E-state index is 0.160. The highest BCUT2D eigenvalue weighted by Crippen LogP contribution is 2.26. The van der Waals surface area contributed by atoms with Gasteiger partial charge < -0.3 is 9.88 Å². The van der Waals surface area contributed by atoms with Crippen LogP contribution in [0.2, 0.25) is 0 Å². The number of aryl methyl sites for hydroxylation is 1. The number of benzene rings is 1. The quantitative estimate of drug-likeness (QED) is 0.691. The lowest BCUT2D eigenvalue weighted by Gasteiger charge is -2.39. The van der Waals surface area contributed by atoms with E-state index in [1.165, 1.54) is 23.7 Å². The van der Waals surface area contributed by atoms with Gasteiger partial charge in [-0.05, 0) is 57.2 Å². The first-order valence-corrected chi connectivity index (χ1v) is 10.6. The molecular weight excluding hydrogens is 358 g/mol. The molecule has 2 atom stereocenters. The van der Waals surface area contributed by atoms with Gasteiger partial charge in [-0.2, -0.15) is 0 Å². The van der Waals surface area contributed by atoms with E-state index in [2.05, 4.69) is 59.1 Å². The molecule has 4 rings (SSSR count). The molecule has 2 aromatic heterocycles. The zero-order valence-corrected chi connectivity index (χ0v) is 16.8. The van der Waals surface area contributed by atoms with Crippen molar-refractivity contribution in [2.75, 3.05) is 5.75 Å². The molecule has 1 amide bonds. The second-order valence-electron chi connectivity index (χ2n) is 7.37. The Hall–Kier alpha value is -2.15. The van der Waals surface area contributed by atoms with Crippen molar-refractivity contribution in [1.29, 1.82) is 0 Å². The van der Waals surface area contributed by atoms with Crippen LogP contribution in [0.3, 0.4) is 0 Å². The zero-order valence-electron chi connectivity index (χ0n) is 16.0. The summed E-state index contributed by atoms with van der Waals surface area (Å²) in [5.74, 6) is 0.509. The Kier molecular flexibility index (Phi) is 5.04. The van der Waals surface area contributed by atoms with Gasteiger partial charge in [0.25, 0.3) is 0 Å². The van der Waals surface area contributed by atoms with Crippen LogP contribution in [-0.2, 0) is 11.2 Å². The van der Waals surface area contributed by atoms with Crippen LogP contribution in [0.25, 0.3) is 22.1 Å². The third kappa shape index (κ3) is 3.52. The first kappa shape index (κ1) is 18.2. The van der Waals surface area contributed by atoms with E-state index in [0.717, 1.165) is 41.3 Å². The van der Waals surface area contributed by atoms with Gasteiger partial charge in [0.15, 0.2) is 5.65 Å². The van der Waals surface area contributed by atoms with Crippen LogP contribution in [0.5, 0.6) is 0 Å². The predicted octanol–water partition coefficient (Wildman–Crippen LogP) is 3.95. The molecular formula is C20H25N5OS. The van der Waals surface area contributed by atoms with E-state index >= 15 is 0 Å². The highest BCUT2D eigenvalue weighted by Gasteiger charge is 2.28. The Morgan fingerprint density at radius 2 is 2.04 bits per heavy atom. The number of nitrogens with zero attached hydrogens (tertiary/aromatic N) is 4. The lowest BCUT2D eigenvalue weighted by atomic mass is 9.98. The molecule has 6 nitrogen and oxygen atoms in total. The number of carbonyl (C=O) groups excluding carboxylic acids is 1. The Bertz CT molecular complexity index is 975. The normalized spacial score (nSPS) is 20.5. The number of hydrogen-bond acceptors (Lipinski definition) is 5. The van der Waals surface area contributed by atoms with Crippen LogP contribution in [0.1, 0.15) is 45.6 Å². The Morgan fingerprint density at radius 1 is 1.26 bits per heavy atom. The van der Waals surface area contributed by atoms with Crippen molar-refractivity contribution in [1.82, 2.24) is 25.1 Å². The predicted molar refractivity (Wildman–Crippen MR) is 109 cm³/mol. The fourth-order valence-electron chi connectivity index (χ4n) is 4.00. The van der Waals surface area contributed by atoms with Crippen molar-refractivity contribution in [2.24, 2.45) is 0 Å². The molecule has 3 aromatic rings. The number of piperidine rings is 1. The third-order valence-electron chi connectivity index (χ3n) is 5.47. The van der Waals surface area contributed by atoms with Gasteiger partial charge in [-0.25, -0.2) is 4.98 Å². The number of hydrogen-bond donors (Lipinski definition) is 1. The molecule has 1 aliphatic rings. The number of amides is 1. The smallest absolute Gasteiger partial charge is 0.233 e. The third-order valence-corrected chi connectivity index (χ3v) is 6.30. The number of nitrogens with one attached hydrogen (secondary N) is 1. The summed E-state index contributed by atoms with van der Waals surface area (Å²) in [5, 5.41) is 10.2. The molecule has 0 unspecified atom stereocenters. The lowest BCUT2D eigenvalue weighted by molar-refractivity contribution is -0.134. The van der Waals surface area contributed by atoms with Crippen molar-refractivity contribution in [3.8, 4) is 0 Å². The molecule has 1 N–H and O–H groups in total. The number of aromatic amines is 1. The average molecular weight is 384 g/mol. The summed E-state index contributed by atoms with van der Waals surface area (Å²) < 4.78 is 0. The second-order valence-corrected chi connectivity index (χ2v) is 8.31. The van der Waals surface area contributed by atoms with E-state index in [-0.39, 0.29) is 5.91 Å². The maximum absolute atomic E-state index is 12.7. The van der Waals surface area contributed by atoms with Crippen LogP contribution in [-0.4, -0.2) is 48.8 Å². The largest absolute Gasteiger partial charge is 0.338 e. The Morgan fingerprint density at radius 3 is 2.78 bits per heavy atom. The summed E-state index contributed by atoms with van der Waals surface area (Å²) in [6.45, 7) is 6.41. The maximum atomic E-state index is 12.7. The van der Waals surface area contributed by atoms with Crippen molar-refractivity contribution in [3.63, 3.8) is 0 Å². The molecule has 27 heavy (non-hydrogen) atoms. The number of likely N-dealkylation sites (tertiary alicyclic amines) is 1. The molecule has 3 heterocycles. The Labute approximate surface area is 163 Å². The monoisotopic (exact) mass is 383 g/mol. The standard InChI is InChI=1S/C20H25N5OS/c1-4-14-8-9-16-15(10-14)18-19(21-16)22-20(24-23-18)27-11-17(26)25-12(2)6-5-7-13(25)3/h8-10,12-13H,4-7,11H2,1-3H3,(H,21,22,24)/t12-,13-/m0/s1. The maximum Gasteiger partial charge on any atom is 0.233 e. The molecule has 0 radical (unpaired) electrons. The van der Waals surface area contributed by atoms with Crippen LogP contribution >= 0.6 is 11.8 Å². The average Bonchev–Trinajstić information content (AvgIpc) is 3.03. The van der Waals surface area contributed by atoms with Gasteiger partial charge in [0.2, 0.25) is 11.1 Å². The van der Waals surface area contributed by atoms with Crippen LogP contribution in [0.15, 0.2) is 23.4 Å². The number of rotatable bonds is 4. The van der Waals surface area contributed by atoms with Crippen molar-refractivity contribution >= 4 is 39.7 Å². The minimum atomic E-state index is 0.160. The van der Waals surface area contributed by atoms with Gasteiger partial charge in [0, 0.05) is 23.0 Å². The van der Waals surface area contributed by atoms with Crippen molar-refractivity contribution in [2.45, 2.75) is 63.7 Å². The van der Waals surface area contributed by atoms with E-state index in [1.54, 1.807) is 0 Å². The van der Waals surface area contributed by atoms with Crippen LogP contribution < -0.4 is 0 Å². The molecule has 0 bridgehead atoms. The molecule has 7 heteroatoms. The van der Waals surface area contributed by atoms with E-state index in [4.69, 9.17) is 0 Å². The molecule has 0 spiro atoms. The number of fused-ring (bicyclic) bond motifs is 3. The number of aromatic nitrogens is 4. The number of H-pyrrole nitrogens is 1. The van der Waals surface area contributed by atoms with Gasteiger partial charge >= 0.3 is 0 Å². The summed E-state index contributed by atoms with van der Waals surface area (Å²) in [6.07, 6.45) is 4.34. The molecule has 1 aromatic carbocycles.